The molecule has 3 aromatic rings. The van der Waals surface area contributed by atoms with Gasteiger partial charge < -0.3 is 19.3 Å². The van der Waals surface area contributed by atoms with Crippen LogP contribution in [0.4, 0.5) is 0 Å². The maximum absolute atomic E-state index is 11.3. The van der Waals surface area contributed by atoms with E-state index in [1.54, 1.807) is 18.2 Å². The zero-order valence-corrected chi connectivity index (χ0v) is 19.0. The first-order valence-electron chi connectivity index (χ1n) is 10.7. The van der Waals surface area contributed by atoms with Gasteiger partial charge in [0.15, 0.2) is 5.60 Å². The molecule has 0 aliphatic rings. The van der Waals surface area contributed by atoms with E-state index in [9.17, 15) is 9.90 Å². The fourth-order valence-corrected chi connectivity index (χ4v) is 3.07. The van der Waals surface area contributed by atoms with E-state index in [2.05, 4.69) is 24.2 Å². The molecular formula is C25H32CaN2O5. The molecule has 0 radical (unpaired) electrons. The third-order valence-corrected chi connectivity index (χ3v) is 4.88. The zero-order chi connectivity index (χ0) is 23.1. The molecule has 8 heteroatoms. The fourth-order valence-electron chi connectivity index (χ4n) is 3.07. The molecular weight excluding hydrogens is 448 g/mol. The third kappa shape index (κ3) is 7.66. The van der Waals surface area contributed by atoms with Crippen LogP contribution in [0.15, 0.2) is 54.7 Å². The Bertz CT molecular complexity index is 1050. The topological polar surface area (TPSA) is 82.8 Å². The van der Waals surface area contributed by atoms with Gasteiger partial charge in [-0.2, -0.15) is 0 Å². The van der Waals surface area contributed by atoms with E-state index in [-0.39, 0.29) is 37.7 Å². The van der Waals surface area contributed by atoms with E-state index in [1.165, 1.54) is 19.4 Å². The van der Waals surface area contributed by atoms with E-state index >= 15 is 0 Å². The number of benzene rings is 2. The number of hydrogen-bond donors (Lipinski definition) is 1. The molecule has 0 aliphatic heterocycles. The normalized spacial score (nSPS) is 10.9. The van der Waals surface area contributed by atoms with Gasteiger partial charge in [-0.3, -0.25) is 0 Å². The molecule has 0 saturated heterocycles. The average molecular weight is 481 g/mol. The summed E-state index contributed by atoms with van der Waals surface area (Å²) in [5.41, 5.74) is 1.90. The van der Waals surface area contributed by atoms with Crippen molar-refractivity contribution in [1.82, 2.24) is 9.78 Å². The molecule has 0 aliphatic carbocycles. The molecule has 33 heavy (non-hydrogen) atoms. The number of aliphatic carboxylic acids is 1. The number of aryl methyl sites for hydroxylation is 2. The molecule has 1 N–H and O–H groups in total. The van der Waals surface area contributed by atoms with E-state index < -0.39 is 11.6 Å². The summed E-state index contributed by atoms with van der Waals surface area (Å²) in [4.78, 5) is 11.3. The summed E-state index contributed by atoms with van der Waals surface area (Å²) in [6.07, 6.45) is 3.52. The van der Waals surface area contributed by atoms with Crippen molar-refractivity contribution in [3.8, 4) is 23.1 Å². The zero-order valence-electron chi connectivity index (χ0n) is 19.0. The number of aromatic nitrogens is 2. The van der Waals surface area contributed by atoms with Crippen molar-refractivity contribution in [1.29, 1.82) is 0 Å². The summed E-state index contributed by atoms with van der Waals surface area (Å²) in [5, 5.41) is 13.8. The van der Waals surface area contributed by atoms with Crippen molar-refractivity contribution in [3.05, 3.63) is 65.9 Å². The van der Waals surface area contributed by atoms with Gasteiger partial charge in [0.05, 0.1) is 18.9 Å². The Kier molecular flexibility index (Phi) is 10.1. The predicted molar refractivity (Wildman–Crippen MR) is 131 cm³/mol. The molecule has 7 nitrogen and oxygen atoms in total. The second kappa shape index (κ2) is 12.3. The van der Waals surface area contributed by atoms with Crippen LogP contribution in [-0.2, 0) is 11.2 Å². The van der Waals surface area contributed by atoms with Crippen LogP contribution in [-0.4, -0.2) is 77.4 Å². The summed E-state index contributed by atoms with van der Waals surface area (Å²) in [7, 11) is 0. The van der Waals surface area contributed by atoms with Crippen LogP contribution in [0.2, 0.25) is 0 Å². The van der Waals surface area contributed by atoms with E-state index in [0.29, 0.717) is 30.6 Å². The van der Waals surface area contributed by atoms with Gasteiger partial charge in [0, 0.05) is 17.8 Å². The molecule has 0 spiro atoms. The summed E-state index contributed by atoms with van der Waals surface area (Å²) in [6.45, 7) is 8.06. The number of hydrogen-bond acceptors (Lipinski definition) is 5. The Labute approximate surface area is 224 Å². The molecule has 1 aromatic heterocycles. The predicted octanol–water partition coefficient (Wildman–Crippen LogP) is 3.92. The first-order chi connectivity index (χ1) is 15.3. The molecule has 0 bridgehead atoms. The van der Waals surface area contributed by atoms with E-state index in [0.717, 1.165) is 24.1 Å². The number of ether oxygens (including phenoxy) is 3. The van der Waals surface area contributed by atoms with Crippen LogP contribution in [0.5, 0.6) is 17.4 Å². The molecule has 0 unspecified atom stereocenters. The van der Waals surface area contributed by atoms with Crippen LogP contribution >= 0.6 is 0 Å². The maximum atomic E-state index is 11.3. The van der Waals surface area contributed by atoms with Gasteiger partial charge >= 0.3 is 43.7 Å². The summed E-state index contributed by atoms with van der Waals surface area (Å²) >= 11 is 0. The Balaban J connectivity index is 0.00000385. The van der Waals surface area contributed by atoms with Gasteiger partial charge in [-0.15, -0.1) is 5.10 Å². The van der Waals surface area contributed by atoms with Crippen molar-refractivity contribution in [3.63, 3.8) is 0 Å². The van der Waals surface area contributed by atoms with Crippen molar-refractivity contribution >= 4 is 43.7 Å². The Hall–Kier alpha value is -2.22. The molecule has 0 fully saturated rings. The number of rotatable bonds is 11. The summed E-state index contributed by atoms with van der Waals surface area (Å²) < 4.78 is 19.0. The van der Waals surface area contributed by atoms with Crippen LogP contribution in [0.1, 0.15) is 38.3 Å². The van der Waals surface area contributed by atoms with Gasteiger partial charge in [0.2, 0.25) is 5.88 Å². The monoisotopic (exact) mass is 480 g/mol. The number of carbonyl (C=O) groups is 1. The van der Waals surface area contributed by atoms with Crippen LogP contribution in [0.3, 0.4) is 0 Å². The Morgan fingerprint density at radius 1 is 1.09 bits per heavy atom. The average Bonchev–Trinajstić information content (AvgIpc) is 3.14. The summed E-state index contributed by atoms with van der Waals surface area (Å²) in [5.74, 6) is 0.691. The SMILES string of the molecule is CCOc1nn(-c2ccc(C)cc2)cc1CCCOc1cccc(OC(C)(C)C(=O)O)c1.[CaH2]. The minimum absolute atomic E-state index is 0. The molecule has 1 heterocycles. The second-order valence-corrected chi connectivity index (χ2v) is 8.02. The van der Waals surface area contributed by atoms with Crippen LogP contribution in [0.25, 0.3) is 5.69 Å². The van der Waals surface area contributed by atoms with Gasteiger partial charge in [0.1, 0.15) is 11.5 Å². The van der Waals surface area contributed by atoms with Gasteiger partial charge in [-0.05, 0) is 64.8 Å². The molecule has 2 aromatic carbocycles. The van der Waals surface area contributed by atoms with Gasteiger partial charge in [0.25, 0.3) is 0 Å². The quantitative estimate of drug-likeness (QED) is 0.331. The van der Waals surface area contributed by atoms with Crippen LogP contribution < -0.4 is 14.2 Å². The third-order valence-electron chi connectivity index (χ3n) is 4.88. The Morgan fingerprint density at radius 3 is 2.45 bits per heavy atom. The van der Waals surface area contributed by atoms with Gasteiger partial charge in [-0.25, -0.2) is 9.48 Å². The van der Waals surface area contributed by atoms with Gasteiger partial charge in [-0.1, -0.05) is 23.8 Å². The van der Waals surface area contributed by atoms with Crippen molar-refractivity contribution in [2.45, 2.75) is 46.1 Å². The molecule has 0 atom stereocenters. The van der Waals surface area contributed by atoms with Crippen LogP contribution in [0, 0.1) is 6.92 Å². The fraction of sp³-hybridized carbons (Fsp3) is 0.360. The molecule has 0 saturated carbocycles. The number of carboxylic acid groups (broad SMARTS) is 1. The van der Waals surface area contributed by atoms with E-state index in [1.807, 2.05) is 36.0 Å². The first-order valence-corrected chi connectivity index (χ1v) is 10.7. The second-order valence-electron chi connectivity index (χ2n) is 8.02. The van der Waals surface area contributed by atoms with Crippen molar-refractivity contribution < 1.29 is 24.1 Å². The minimum atomic E-state index is -1.31. The standard InChI is InChI=1S/C25H30N2O5.Ca.2H/c1-5-30-23-19(17-27(26-23)20-13-11-18(2)12-14-20)8-7-15-31-21-9-6-10-22(16-21)32-25(3,4)24(28)29;;;/h6,9-14,16-17H,5,7-8,15H2,1-4H3,(H,28,29);;;. The molecule has 174 valence electrons. The first kappa shape index (κ1) is 27.0. The number of nitrogens with zero attached hydrogens (tertiary/aromatic N) is 2. The molecule has 3 rings (SSSR count). The summed E-state index contributed by atoms with van der Waals surface area (Å²) in [6, 6.07) is 15.2. The van der Waals surface area contributed by atoms with Crippen molar-refractivity contribution in [2.24, 2.45) is 0 Å². The van der Waals surface area contributed by atoms with Crippen molar-refractivity contribution in [2.75, 3.05) is 13.2 Å². The van der Waals surface area contributed by atoms with E-state index in [4.69, 9.17) is 14.2 Å². The number of carboxylic acids is 1. The Morgan fingerprint density at radius 2 is 1.79 bits per heavy atom. The molecule has 0 amide bonds.